The molecule has 43 heavy (non-hydrogen) atoms. The Kier molecular flexibility index (Phi) is 9.86. The van der Waals surface area contributed by atoms with Crippen LogP contribution >= 0.6 is 22.9 Å². The van der Waals surface area contributed by atoms with Crippen LogP contribution in [-0.2, 0) is 16.4 Å². The summed E-state index contributed by atoms with van der Waals surface area (Å²) in [6.45, 7) is 4.29. The van der Waals surface area contributed by atoms with Gasteiger partial charge in [0.15, 0.2) is 9.84 Å². The minimum absolute atomic E-state index is 0.0302. The van der Waals surface area contributed by atoms with E-state index >= 15 is 0 Å². The van der Waals surface area contributed by atoms with E-state index in [-0.39, 0.29) is 30.0 Å². The summed E-state index contributed by atoms with van der Waals surface area (Å²) in [6.07, 6.45) is 2.29. The third kappa shape index (κ3) is 7.85. The lowest BCUT2D eigenvalue weighted by molar-refractivity contribution is 0.306. The number of ether oxygens (including phenoxy) is 1. The molecule has 8 nitrogen and oxygen atoms in total. The molecular weight excluding hydrogens is 609 g/mol. The first kappa shape index (κ1) is 30.8. The molecular formula is C31H31ClFN5O3S2. The average molecular weight is 640 g/mol. The van der Waals surface area contributed by atoms with Gasteiger partial charge in [0.2, 0.25) is 0 Å². The maximum Gasteiger partial charge on any atom is 0.151 e. The van der Waals surface area contributed by atoms with E-state index in [1.165, 1.54) is 18.5 Å². The molecule has 0 aliphatic rings. The van der Waals surface area contributed by atoms with Gasteiger partial charge in [-0.25, -0.2) is 27.8 Å². The van der Waals surface area contributed by atoms with Crippen molar-refractivity contribution >= 4 is 55.2 Å². The Morgan fingerprint density at radius 2 is 1.93 bits per heavy atom. The molecule has 0 saturated heterocycles. The molecule has 0 fully saturated rings. The maximum atomic E-state index is 13.5. The molecule has 0 amide bonds. The monoisotopic (exact) mass is 639 g/mol. The highest BCUT2D eigenvalue weighted by Gasteiger charge is 2.17. The SMILES string of the molecule is CCC(NCCS(=O)(=O)CC)c1nc(-c2ccc3ncnc(Nc4ccc(OCc5cccc(F)c5)c(Cl)c4)c3c2)cs1. The van der Waals surface area contributed by atoms with Crippen molar-refractivity contribution in [2.45, 2.75) is 32.9 Å². The molecule has 12 heteroatoms. The molecule has 0 spiro atoms. The summed E-state index contributed by atoms with van der Waals surface area (Å²) in [5.41, 5.74) is 3.92. The Balaban J connectivity index is 1.31. The van der Waals surface area contributed by atoms with Crippen molar-refractivity contribution in [3.05, 3.63) is 93.8 Å². The summed E-state index contributed by atoms with van der Waals surface area (Å²) in [5, 5.41) is 10.8. The molecule has 3 aromatic carbocycles. The van der Waals surface area contributed by atoms with Gasteiger partial charge in [-0.2, -0.15) is 0 Å². The fraction of sp³-hybridized carbons (Fsp3) is 0.258. The molecule has 1 unspecified atom stereocenters. The molecule has 2 heterocycles. The first-order chi connectivity index (χ1) is 20.7. The van der Waals surface area contributed by atoms with Crippen LogP contribution in [0, 0.1) is 5.82 Å². The van der Waals surface area contributed by atoms with E-state index in [1.54, 1.807) is 42.5 Å². The molecule has 0 aliphatic heterocycles. The Labute approximate surface area is 259 Å². The third-order valence-electron chi connectivity index (χ3n) is 6.88. The number of rotatable bonds is 13. The largest absolute Gasteiger partial charge is 0.487 e. The number of hydrogen-bond acceptors (Lipinski definition) is 9. The van der Waals surface area contributed by atoms with Gasteiger partial charge in [-0.3, -0.25) is 0 Å². The van der Waals surface area contributed by atoms with Gasteiger partial charge >= 0.3 is 0 Å². The Morgan fingerprint density at radius 3 is 2.70 bits per heavy atom. The number of halogens is 2. The number of nitrogens with zero attached hydrogens (tertiary/aromatic N) is 3. The number of hydrogen-bond donors (Lipinski definition) is 2. The third-order valence-corrected chi connectivity index (χ3v) is 9.84. The zero-order valence-electron chi connectivity index (χ0n) is 23.7. The topological polar surface area (TPSA) is 106 Å². The van der Waals surface area contributed by atoms with Crippen molar-refractivity contribution in [2.75, 3.05) is 23.4 Å². The predicted molar refractivity (Wildman–Crippen MR) is 171 cm³/mol. The van der Waals surface area contributed by atoms with Gasteiger partial charge in [0.1, 0.15) is 35.3 Å². The fourth-order valence-corrected chi connectivity index (χ4v) is 6.39. The van der Waals surface area contributed by atoms with Crippen molar-refractivity contribution < 1.29 is 17.5 Å². The molecule has 0 aliphatic carbocycles. The first-order valence-corrected chi connectivity index (χ1v) is 16.9. The summed E-state index contributed by atoms with van der Waals surface area (Å²) < 4.78 is 43.0. The number of thiazole rings is 1. The highest BCUT2D eigenvalue weighted by Crippen LogP contribution is 2.33. The van der Waals surface area contributed by atoms with Gasteiger partial charge in [0, 0.05) is 34.3 Å². The number of sulfone groups is 1. The van der Waals surface area contributed by atoms with Crippen LogP contribution in [0.3, 0.4) is 0 Å². The van der Waals surface area contributed by atoms with Crippen molar-refractivity contribution in [1.29, 1.82) is 0 Å². The Hall–Kier alpha value is -3.64. The van der Waals surface area contributed by atoms with Gasteiger partial charge in [-0.05, 0) is 54.4 Å². The Morgan fingerprint density at radius 1 is 1.07 bits per heavy atom. The summed E-state index contributed by atoms with van der Waals surface area (Å²) in [5.74, 6) is 1.02. The molecule has 224 valence electrons. The van der Waals surface area contributed by atoms with Crippen LogP contribution in [0.4, 0.5) is 15.9 Å². The second kappa shape index (κ2) is 13.8. The van der Waals surface area contributed by atoms with Gasteiger partial charge in [-0.1, -0.05) is 43.6 Å². The van der Waals surface area contributed by atoms with E-state index in [4.69, 9.17) is 21.3 Å². The van der Waals surface area contributed by atoms with Crippen LogP contribution in [0.25, 0.3) is 22.2 Å². The van der Waals surface area contributed by atoms with Crippen LogP contribution in [0.5, 0.6) is 5.75 Å². The van der Waals surface area contributed by atoms with Crippen molar-refractivity contribution in [2.24, 2.45) is 0 Å². The van der Waals surface area contributed by atoms with E-state index in [2.05, 4.69) is 20.6 Å². The van der Waals surface area contributed by atoms with E-state index in [9.17, 15) is 12.8 Å². The Bertz CT molecular complexity index is 1830. The quantitative estimate of drug-likeness (QED) is 0.138. The average Bonchev–Trinajstić information content (AvgIpc) is 3.49. The van der Waals surface area contributed by atoms with Crippen LogP contribution in [0.15, 0.2) is 72.4 Å². The number of anilines is 2. The van der Waals surface area contributed by atoms with Gasteiger partial charge in [-0.15, -0.1) is 11.3 Å². The number of benzene rings is 3. The van der Waals surface area contributed by atoms with Crippen molar-refractivity contribution in [1.82, 2.24) is 20.3 Å². The molecule has 0 radical (unpaired) electrons. The van der Waals surface area contributed by atoms with Crippen LogP contribution in [-0.4, -0.2) is 41.4 Å². The van der Waals surface area contributed by atoms with Gasteiger partial charge in [0.25, 0.3) is 0 Å². The number of aromatic nitrogens is 3. The van der Waals surface area contributed by atoms with Crippen molar-refractivity contribution in [3.63, 3.8) is 0 Å². The lowest BCUT2D eigenvalue weighted by Gasteiger charge is -2.14. The molecule has 0 bridgehead atoms. The lowest BCUT2D eigenvalue weighted by Crippen LogP contribution is -2.27. The normalized spacial score (nSPS) is 12.4. The molecule has 0 saturated carbocycles. The second-order valence-electron chi connectivity index (χ2n) is 9.87. The minimum Gasteiger partial charge on any atom is -0.487 e. The fourth-order valence-electron chi connectivity index (χ4n) is 4.46. The molecule has 2 aromatic heterocycles. The van der Waals surface area contributed by atoms with E-state index < -0.39 is 9.84 Å². The molecule has 1 atom stereocenters. The summed E-state index contributed by atoms with van der Waals surface area (Å²) >= 11 is 8.05. The van der Waals surface area contributed by atoms with Crippen molar-refractivity contribution in [3.8, 4) is 17.0 Å². The van der Waals surface area contributed by atoms with Crippen LogP contribution in [0.1, 0.15) is 36.9 Å². The smallest absolute Gasteiger partial charge is 0.151 e. The summed E-state index contributed by atoms with van der Waals surface area (Å²) in [6, 6.07) is 17.4. The molecule has 2 N–H and O–H groups in total. The highest BCUT2D eigenvalue weighted by molar-refractivity contribution is 7.91. The zero-order chi connectivity index (χ0) is 30.4. The van der Waals surface area contributed by atoms with Crippen LogP contribution < -0.4 is 15.4 Å². The van der Waals surface area contributed by atoms with E-state index in [1.807, 2.05) is 36.6 Å². The van der Waals surface area contributed by atoms with E-state index in [0.717, 1.165) is 33.6 Å². The minimum atomic E-state index is -3.03. The first-order valence-electron chi connectivity index (χ1n) is 13.8. The lowest BCUT2D eigenvalue weighted by atomic mass is 10.1. The molecule has 5 aromatic rings. The predicted octanol–water partition coefficient (Wildman–Crippen LogP) is 7.34. The molecule has 5 rings (SSSR count). The number of fused-ring (bicyclic) bond motifs is 1. The van der Waals surface area contributed by atoms with E-state index in [0.29, 0.717) is 34.4 Å². The van der Waals surface area contributed by atoms with Crippen LogP contribution in [0.2, 0.25) is 5.02 Å². The maximum absolute atomic E-state index is 13.5. The standard InChI is InChI=1S/C31H31ClFN5O3S2/c1-3-26(34-12-13-43(39,40)4-2)31-38-28(18-42-31)21-8-10-27-24(15-21)30(36-19-35-27)37-23-9-11-29(25(32)16-23)41-17-20-6-5-7-22(33)14-20/h5-11,14-16,18-19,26,34H,3-4,12-13,17H2,1-2H3,(H,35,36,37). The van der Waals surface area contributed by atoms with Gasteiger partial charge in [0.05, 0.1) is 28.0 Å². The van der Waals surface area contributed by atoms with Gasteiger partial charge < -0.3 is 15.4 Å². The second-order valence-corrected chi connectivity index (χ2v) is 13.6. The summed E-state index contributed by atoms with van der Waals surface area (Å²) in [7, 11) is -3.03. The highest BCUT2D eigenvalue weighted by atomic mass is 35.5. The number of nitrogens with one attached hydrogen (secondary N) is 2. The summed E-state index contributed by atoms with van der Waals surface area (Å²) in [4.78, 5) is 13.8. The zero-order valence-corrected chi connectivity index (χ0v) is 26.1.